The Bertz CT molecular complexity index is 377. The second-order valence-corrected chi connectivity index (χ2v) is 4.33. The molecule has 3 nitrogen and oxygen atoms in total. The minimum absolute atomic E-state index is 0.00979. The van der Waals surface area contributed by atoms with Crippen LogP contribution in [0.15, 0.2) is 12.3 Å². The molecule has 0 bridgehead atoms. The topological polar surface area (TPSA) is 50.2 Å². The van der Waals surface area contributed by atoms with Crippen LogP contribution in [0.1, 0.15) is 31.0 Å². The van der Waals surface area contributed by atoms with E-state index < -0.39 is 11.9 Å². The number of hydrogen-bond donors (Lipinski definition) is 1. The maximum Gasteiger partial charge on any atom is 0.312 e. The minimum atomic E-state index is -0.848. The van der Waals surface area contributed by atoms with Crippen molar-refractivity contribution in [2.45, 2.75) is 26.7 Å². The van der Waals surface area contributed by atoms with Gasteiger partial charge in [0.15, 0.2) is 0 Å². The third-order valence-electron chi connectivity index (χ3n) is 2.32. The first kappa shape index (κ1) is 12.0. The Morgan fingerprint density at radius 1 is 1.53 bits per heavy atom. The lowest BCUT2D eigenvalue weighted by atomic mass is 9.92. The summed E-state index contributed by atoms with van der Waals surface area (Å²) in [4.78, 5) is 15.1. The van der Waals surface area contributed by atoms with Gasteiger partial charge < -0.3 is 5.11 Å². The molecule has 0 radical (unpaired) electrons. The predicted molar refractivity (Wildman–Crippen MR) is 59.2 cm³/mol. The number of aromatic nitrogens is 1. The smallest absolute Gasteiger partial charge is 0.312 e. The zero-order chi connectivity index (χ0) is 11.6. The molecule has 1 unspecified atom stereocenters. The van der Waals surface area contributed by atoms with E-state index >= 15 is 0 Å². The van der Waals surface area contributed by atoms with Crippen LogP contribution in [0.2, 0.25) is 5.02 Å². The highest BCUT2D eigenvalue weighted by molar-refractivity contribution is 6.31. The van der Waals surface area contributed by atoms with Crippen molar-refractivity contribution in [3.05, 3.63) is 28.5 Å². The van der Waals surface area contributed by atoms with Gasteiger partial charge in [-0.15, -0.1) is 0 Å². The Labute approximate surface area is 94.1 Å². The van der Waals surface area contributed by atoms with Crippen LogP contribution in [0.3, 0.4) is 0 Å². The Morgan fingerprint density at radius 3 is 2.53 bits per heavy atom. The van der Waals surface area contributed by atoms with Gasteiger partial charge in [-0.3, -0.25) is 9.78 Å². The van der Waals surface area contributed by atoms with E-state index in [0.29, 0.717) is 10.7 Å². The highest BCUT2D eigenvalue weighted by Crippen LogP contribution is 2.25. The monoisotopic (exact) mass is 227 g/mol. The van der Waals surface area contributed by atoms with Gasteiger partial charge in [0, 0.05) is 6.20 Å². The van der Waals surface area contributed by atoms with Gasteiger partial charge in [0.1, 0.15) is 5.92 Å². The quantitative estimate of drug-likeness (QED) is 0.864. The van der Waals surface area contributed by atoms with Gasteiger partial charge in [0.05, 0.1) is 10.7 Å². The van der Waals surface area contributed by atoms with Crippen molar-refractivity contribution in [3.8, 4) is 0 Å². The van der Waals surface area contributed by atoms with Crippen LogP contribution in [-0.2, 0) is 4.79 Å². The zero-order valence-electron chi connectivity index (χ0n) is 8.99. The molecular formula is C11H14ClNO2. The number of halogens is 1. The summed E-state index contributed by atoms with van der Waals surface area (Å²) >= 11 is 5.83. The van der Waals surface area contributed by atoms with Gasteiger partial charge >= 0.3 is 5.97 Å². The first-order valence-electron chi connectivity index (χ1n) is 4.78. The van der Waals surface area contributed by atoms with E-state index in [0.717, 1.165) is 5.56 Å². The first-order valence-corrected chi connectivity index (χ1v) is 5.16. The molecule has 0 aliphatic heterocycles. The van der Waals surface area contributed by atoms with Crippen LogP contribution < -0.4 is 0 Å². The van der Waals surface area contributed by atoms with Crippen molar-refractivity contribution < 1.29 is 9.90 Å². The summed E-state index contributed by atoms with van der Waals surface area (Å²) in [6.07, 6.45) is 1.50. The standard InChI is InChI=1S/C11H14ClNO2/c1-6(2)10(11(14)15)9-4-7(3)8(12)5-13-9/h4-6,10H,1-3H3,(H,14,15). The maximum absolute atomic E-state index is 11.1. The van der Waals surface area contributed by atoms with Crippen molar-refractivity contribution in [1.82, 2.24) is 4.98 Å². The van der Waals surface area contributed by atoms with E-state index in [1.165, 1.54) is 6.20 Å². The summed E-state index contributed by atoms with van der Waals surface area (Å²) in [5, 5.41) is 9.65. The normalized spacial score (nSPS) is 12.9. The van der Waals surface area contributed by atoms with E-state index in [1.54, 1.807) is 6.07 Å². The summed E-state index contributed by atoms with van der Waals surface area (Å²) in [5.41, 5.74) is 1.42. The van der Waals surface area contributed by atoms with Crippen molar-refractivity contribution in [2.75, 3.05) is 0 Å². The van der Waals surface area contributed by atoms with Gasteiger partial charge in [0.2, 0.25) is 0 Å². The molecule has 0 aliphatic rings. The average Bonchev–Trinajstić information content (AvgIpc) is 2.10. The number of carboxylic acid groups (broad SMARTS) is 1. The Morgan fingerprint density at radius 2 is 2.13 bits per heavy atom. The fourth-order valence-electron chi connectivity index (χ4n) is 1.48. The molecule has 1 heterocycles. The third kappa shape index (κ3) is 2.69. The maximum atomic E-state index is 11.1. The lowest BCUT2D eigenvalue weighted by Crippen LogP contribution is -2.18. The average molecular weight is 228 g/mol. The van der Waals surface area contributed by atoms with Gasteiger partial charge in [-0.05, 0) is 24.5 Å². The number of aryl methyl sites for hydroxylation is 1. The van der Waals surface area contributed by atoms with E-state index in [4.69, 9.17) is 16.7 Å². The van der Waals surface area contributed by atoms with Crippen molar-refractivity contribution >= 4 is 17.6 Å². The van der Waals surface area contributed by atoms with Gasteiger partial charge in [-0.25, -0.2) is 0 Å². The second-order valence-electron chi connectivity index (χ2n) is 3.92. The Kier molecular flexibility index (Phi) is 3.69. The minimum Gasteiger partial charge on any atom is -0.481 e. The number of aliphatic carboxylic acids is 1. The van der Waals surface area contributed by atoms with Gasteiger partial charge in [0.25, 0.3) is 0 Å². The number of hydrogen-bond acceptors (Lipinski definition) is 2. The molecule has 0 spiro atoms. The molecule has 0 amide bonds. The zero-order valence-corrected chi connectivity index (χ0v) is 9.75. The molecule has 0 saturated carbocycles. The van der Waals surface area contributed by atoms with Crippen LogP contribution in [0, 0.1) is 12.8 Å². The summed E-state index contributed by atoms with van der Waals surface area (Å²) < 4.78 is 0. The summed E-state index contributed by atoms with van der Waals surface area (Å²) in [6.45, 7) is 5.57. The highest BCUT2D eigenvalue weighted by Gasteiger charge is 2.25. The molecule has 1 atom stereocenters. The molecule has 0 saturated heterocycles. The molecule has 0 aromatic carbocycles. The summed E-state index contributed by atoms with van der Waals surface area (Å²) in [5.74, 6) is -1.41. The Balaban J connectivity index is 3.12. The summed E-state index contributed by atoms with van der Waals surface area (Å²) in [7, 11) is 0. The predicted octanol–water partition coefficient (Wildman–Crippen LogP) is 2.87. The molecule has 82 valence electrons. The molecule has 1 aromatic heterocycles. The fraction of sp³-hybridized carbons (Fsp3) is 0.455. The summed E-state index contributed by atoms with van der Waals surface area (Å²) in [6, 6.07) is 1.74. The Hall–Kier alpha value is -1.09. The molecule has 0 aliphatic carbocycles. The van der Waals surface area contributed by atoms with E-state index in [9.17, 15) is 4.79 Å². The molecule has 1 rings (SSSR count). The number of carbonyl (C=O) groups is 1. The lowest BCUT2D eigenvalue weighted by Gasteiger charge is -2.16. The third-order valence-corrected chi connectivity index (χ3v) is 2.72. The molecule has 1 N–H and O–H groups in total. The fourth-order valence-corrected chi connectivity index (χ4v) is 1.59. The molecule has 4 heteroatoms. The molecule has 15 heavy (non-hydrogen) atoms. The highest BCUT2D eigenvalue weighted by atomic mass is 35.5. The number of rotatable bonds is 3. The largest absolute Gasteiger partial charge is 0.481 e. The van der Waals surface area contributed by atoms with Crippen LogP contribution in [-0.4, -0.2) is 16.1 Å². The van der Waals surface area contributed by atoms with Crippen molar-refractivity contribution in [1.29, 1.82) is 0 Å². The van der Waals surface area contributed by atoms with Crippen LogP contribution in [0.4, 0.5) is 0 Å². The first-order chi connectivity index (χ1) is 6.93. The van der Waals surface area contributed by atoms with Crippen LogP contribution in [0.25, 0.3) is 0 Å². The molecule has 0 fully saturated rings. The van der Waals surface area contributed by atoms with Crippen LogP contribution in [0.5, 0.6) is 0 Å². The van der Waals surface area contributed by atoms with E-state index in [-0.39, 0.29) is 5.92 Å². The van der Waals surface area contributed by atoms with Crippen molar-refractivity contribution in [2.24, 2.45) is 5.92 Å². The molecule has 1 aromatic rings. The number of carboxylic acids is 1. The van der Waals surface area contributed by atoms with Crippen molar-refractivity contribution in [3.63, 3.8) is 0 Å². The number of nitrogens with zero attached hydrogens (tertiary/aromatic N) is 1. The van der Waals surface area contributed by atoms with E-state index in [2.05, 4.69) is 4.98 Å². The molecular weight excluding hydrogens is 214 g/mol. The van der Waals surface area contributed by atoms with Gasteiger partial charge in [-0.1, -0.05) is 25.4 Å². The SMILES string of the molecule is Cc1cc(C(C(=O)O)C(C)C)ncc1Cl. The lowest BCUT2D eigenvalue weighted by molar-refractivity contribution is -0.140. The van der Waals surface area contributed by atoms with Gasteiger partial charge in [-0.2, -0.15) is 0 Å². The number of pyridine rings is 1. The van der Waals surface area contributed by atoms with Crippen LogP contribution >= 0.6 is 11.6 Å². The second kappa shape index (κ2) is 4.62. The van der Waals surface area contributed by atoms with E-state index in [1.807, 2.05) is 20.8 Å².